The number of amides is 1. The van der Waals surface area contributed by atoms with Crippen molar-refractivity contribution in [2.45, 2.75) is 18.9 Å². The number of halogens is 1. The summed E-state index contributed by atoms with van der Waals surface area (Å²) in [5.74, 6) is 1.75. The van der Waals surface area contributed by atoms with Crippen molar-refractivity contribution in [3.05, 3.63) is 72.0 Å². The molecule has 2 aromatic heterocycles. The SMILES string of the molecule is C=C(Br)C(=O)N1CCC[C@H](n2nc(-c3ccc(Oc4ccccc4)cc3)c3c(N)ncnc32)C1. The van der Waals surface area contributed by atoms with Crippen LogP contribution in [-0.2, 0) is 4.79 Å². The predicted molar refractivity (Wildman–Crippen MR) is 135 cm³/mol. The monoisotopic (exact) mass is 518 g/mol. The molecule has 1 aliphatic rings. The van der Waals surface area contributed by atoms with Crippen LogP contribution in [0.2, 0.25) is 0 Å². The first-order chi connectivity index (χ1) is 16.5. The van der Waals surface area contributed by atoms with Crippen LogP contribution in [0.15, 0.2) is 72.0 Å². The molecule has 172 valence electrons. The molecule has 2 N–H and O–H groups in total. The van der Waals surface area contributed by atoms with Crippen molar-refractivity contribution >= 4 is 38.7 Å². The van der Waals surface area contributed by atoms with Crippen LogP contribution in [0.4, 0.5) is 5.82 Å². The molecule has 1 saturated heterocycles. The summed E-state index contributed by atoms with van der Waals surface area (Å²) in [7, 11) is 0. The topological polar surface area (TPSA) is 99.2 Å². The van der Waals surface area contributed by atoms with Gasteiger partial charge in [-0.25, -0.2) is 14.6 Å². The Morgan fingerprint density at radius 1 is 1.09 bits per heavy atom. The summed E-state index contributed by atoms with van der Waals surface area (Å²) >= 11 is 3.21. The minimum Gasteiger partial charge on any atom is -0.457 e. The molecule has 1 atom stereocenters. The molecular formula is C25H23BrN6O2. The van der Waals surface area contributed by atoms with E-state index in [9.17, 15) is 4.79 Å². The molecular weight excluding hydrogens is 496 g/mol. The van der Waals surface area contributed by atoms with Gasteiger partial charge >= 0.3 is 0 Å². The summed E-state index contributed by atoms with van der Waals surface area (Å²) in [6.07, 6.45) is 3.19. The number of para-hydroxylation sites is 1. The number of hydrogen-bond donors (Lipinski definition) is 1. The molecule has 4 aromatic rings. The Labute approximate surface area is 205 Å². The third-order valence-electron chi connectivity index (χ3n) is 5.89. The molecule has 1 amide bonds. The molecule has 34 heavy (non-hydrogen) atoms. The lowest BCUT2D eigenvalue weighted by atomic mass is 10.1. The number of hydrogen-bond acceptors (Lipinski definition) is 6. The Morgan fingerprint density at radius 2 is 1.82 bits per heavy atom. The molecule has 2 aromatic carbocycles. The maximum atomic E-state index is 12.5. The van der Waals surface area contributed by atoms with Gasteiger partial charge in [0.05, 0.1) is 15.9 Å². The third-order valence-corrected chi connectivity index (χ3v) is 6.23. The number of piperidine rings is 1. The molecule has 8 nitrogen and oxygen atoms in total. The number of rotatable bonds is 5. The molecule has 0 bridgehead atoms. The van der Waals surface area contributed by atoms with Gasteiger partial charge < -0.3 is 15.4 Å². The highest BCUT2D eigenvalue weighted by molar-refractivity contribution is 9.12. The average Bonchev–Trinajstić information content (AvgIpc) is 3.26. The van der Waals surface area contributed by atoms with E-state index in [1.807, 2.05) is 59.3 Å². The second-order valence-electron chi connectivity index (χ2n) is 8.14. The van der Waals surface area contributed by atoms with Crippen molar-refractivity contribution < 1.29 is 9.53 Å². The molecule has 0 unspecified atom stereocenters. The van der Waals surface area contributed by atoms with Gasteiger partial charge in [0.25, 0.3) is 5.91 Å². The van der Waals surface area contributed by atoms with E-state index >= 15 is 0 Å². The number of nitrogens with zero attached hydrogens (tertiary/aromatic N) is 5. The third kappa shape index (κ3) is 4.26. The molecule has 9 heteroatoms. The number of aromatic nitrogens is 4. The summed E-state index contributed by atoms with van der Waals surface area (Å²) < 4.78 is 8.14. The zero-order valence-corrected chi connectivity index (χ0v) is 20.0. The number of carbonyl (C=O) groups is 1. The fourth-order valence-corrected chi connectivity index (χ4v) is 4.52. The first-order valence-corrected chi connectivity index (χ1v) is 11.8. The van der Waals surface area contributed by atoms with Gasteiger partial charge in [0.1, 0.15) is 29.3 Å². The number of nitrogens with two attached hydrogens (primary N) is 1. The maximum absolute atomic E-state index is 12.5. The van der Waals surface area contributed by atoms with Crippen molar-refractivity contribution in [1.82, 2.24) is 24.6 Å². The number of carbonyl (C=O) groups excluding carboxylic acids is 1. The Hall–Kier alpha value is -3.72. The lowest BCUT2D eigenvalue weighted by molar-refractivity contribution is -0.127. The van der Waals surface area contributed by atoms with E-state index in [1.165, 1.54) is 6.33 Å². The van der Waals surface area contributed by atoms with Crippen molar-refractivity contribution in [2.24, 2.45) is 0 Å². The van der Waals surface area contributed by atoms with Crippen molar-refractivity contribution in [1.29, 1.82) is 0 Å². The van der Waals surface area contributed by atoms with Gasteiger partial charge in [0.15, 0.2) is 5.65 Å². The molecule has 1 aliphatic heterocycles. The van der Waals surface area contributed by atoms with Crippen LogP contribution in [0.5, 0.6) is 11.5 Å². The fraction of sp³-hybridized carbons (Fsp3) is 0.200. The van der Waals surface area contributed by atoms with Crippen molar-refractivity contribution in [3.8, 4) is 22.8 Å². The summed E-state index contributed by atoms with van der Waals surface area (Å²) in [5.41, 5.74) is 8.51. The fourth-order valence-electron chi connectivity index (χ4n) is 4.27. The average molecular weight is 519 g/mol. The summed E-state index contributed by atoms with van der Waals surface area (Å²) in [4.78, 5) is 23.0. The van der Waals surface area contributed by atoms with E-state index in [1.54, 1.807) is 4.90 Å². The second kappa shape index (κ2) is 9.26. The number of likely N-dealkylation sites (tertiary alicyclic amines) is 1. The van der Waals surface area contributed by atoms with Gasteiger partial charge in [-0.3, -0.25) is 4.79 Å². The maximum Gasteiger partial charge on any atom is 0.260 e. The lowest BCUT2D eigenvalue weighted by Crippen LogP contribution is -2.41. The molecule has 5 rings (SSSR count). The lowest BCUT2D eigenvalue weighted by Gasteiger charge is -2.32. The first kappa shape index (κ1) is 22.1. The van der Waals surface area contributed by atoms with Crippen molar-refractivity contribution in [2.75, 3.05) is 18.8 Å². The zero-order valence-electron chi connectivity index (χ0n) is 18.4. The summed E-state index contributed by atoms with van der Waals surface area (Å²) in [6.45, 7) is 4.93. The Bertz CT molecular complexity index is 1350. The molecule has 1 fully saturated rings. The van der Waals surface area contributed by atoms with Crippen LogP contribution in [0, 0.1) is 0 Å². The second-order valence-corrected chi connectivity index (χ2v) is 9.10. The van der Waals surface area contributed by atoms with E-state index in [2.05, 4.69) is 32.5 Å². The Morgan fingerprint density at radius 3 is 2.56 bits per heavy atom. The van der Waals surface area contributed by atoms with E-state index in [4.69, 9.17) is 15.6 Å². The van der Waals surface area contributed by atoms with Crippen LogP contribution in [0.1, 0.15) is 18.9 Å². The normalized spacial score (nSPS) is 15.9. The molecule has 0 aliphatic carbocycles. The van der Waals surface area contributed by atoms with E-state index in [0.29, 0.717) is 40.1 Å². The summed E-state index contributed by atoms with van der Waals surface area (Å²) in [5, 5.41) is 5.62. The number of nitrogen functional groups attached to an aromatic ring is 1. The van der Waals surface area contributed by atoms with E-state index < -0.39 is 0 Å². The molecule has 0 saturated carbocycles. The minimum absolute atomic E-state index is 0.0317. The molecule has 3 heterocycles. The number of ether oxygens (including phenoxy) is 1. The minimum atomic E-state index is -0.107. The van der Waals surface area contributed by atoms with Crippen LogP contribution >= 0.6 is 15.9 Å². The number of anilines is 1. The predicted octanol–water partition coefficient (Wildman–Crippen LogP) is 4.94. The first-order valence-electron chi connectivity index (χ1n) is 11.0. The van der Waals surface area contributed by atoms with Gasteiger partial charge in [0.2, 0.25) is 0 Å². The number of benzene rings is 2. The van der Waals surface area contributed by atoms with Gasteiger partial charge in [-0.05, 0) is 65.2 Å². The van der Waals surface area contributed by atoms with Crippen LogP contribution in [0.3, 0.4) is 0 Å². The highest BCUT2D eigenvalue weighted by Gasteiger charge is 2.29. The van der Waals surface area contributed by atoms with Gasteiger partial charge in [-0.1, -0.05) is 24.8 Å². The summed E-state index contributed by atoms with van der Waals surface area (Å²) in [6, 6.07) is 17.3. The van der Waals surface area contributed by atoms with Gasteiger partial charge in [-0.2, -0.15) is 5.10 Å². The van der Waals surface area contributed by atoms with Gasteiger partial charge in [-0.15, -0.1) is 0 Å². The van der Waals surface area contributed by atoms with Gasteiger partial charge in [0, 0.05) is 18.7 Å². The smallest absolute Gasteiger partial charge is 0.260 e. The largest absolute Gasteiger partial charge is 0.457 e. The standard InChI is InChI=1S/C25H23BrN6O2/c1-16(26)25(33)31-13-5-6-18(14-31)32-24-21(23(27)28-15-29-24)22(30-32)17-9-11-20(12-10-17)34-19-7-3-2-4-8-19/h2-4,7-12,15,18H,1,5-6,13-14H2,(H2,27,28,29)/t18-/m0/s1. The van der Waals surface area contributed by atoms with Crippen LogP contribution in [-0.4, -0.2) is 43.6 Å². The van der Waals surface area contributed by atoms with E-state index in [0.717, 1.165) is 29.9 Å². The molecule has 0 radical (unpaired) electrons. The van der Waals surface area contributed by atoms with Crippen molar-refractivity contribution in [3.63, 3.8) is 0 Å². The molecule has 0 spiro atoms. The van der Waals surface area contributed by atoms with Crippen LogP contribution < -0.4 is 10.5 Å². The Balaban J connectivity index is 1.49. The Kier molecular flexibility index (Phi) is 6.02. The highest BCUT2D eigenvalue weighted by atomic mass is 79.9. The quantitative estimate of drug-likeness (QED) is 0.375. The van der Waals surface area contributed by atoms with E-state index in [-0.39, 0.29) is 11.9 Å². The highest BCUT2D eigenvalue weighted by Crippen LogP contribution is 2.35. The van der Waals surface area contributed by atoms with Crippen LogP contribution in [0.25, 0.3) is 22.3 Å². The number of fused-ring (bicyclic) bond motifs is 1. The zero-order chi connectivity index (χ0) is 23.7.